The first-order valence-corrected chi connectivity index (χ1v) is 5.72. The molecule has 0 aromatic carbocycles. The summed E-state index contributed by atoms with van der Waals surface area (Å²) in [6, 6.07) is -1.99. The monoisotopic (exact) mass is 285 g/mol. The van der Waals surface area contributed by atoms with Gasteiger partial charge in [-0.1, -0.05) is 0 Å². The molecule has 0 saturated heterocycles. The molecule has 0 spiro atoms. The molecule has 20 heavy (non-hydrogen) atoms. The van der Waals surface area contributed by atoms with Gasteiger partial charge >= 0.3 is 18.0 Å². The zero-order valence-corrected chi connectivity index (χ0v) is 10.7. The van der Waals surface area contributed by atoms with Crippen LogP contribution in [-0.2, 0) is 23.2 Å². The van der Waals surface area contributed by atoms with E-state index in [0.717, 1.165) is 0 Å². The van der Waals surface area contributed by atoms with E-state index in [1.807, 2.05) is 0 Å². The Morgan fingerprint density at radius 1 is 1.40 bits per heavy atom. The van der Waals surface area contributed by atoms with Crippen LogP contribution in [-0.4, -0.2) is 49.0 Å². The number of hydrogen-bond acceptors (Lipinski definition) is 5. The van der Waals surface area contributed by atoms with E-state index in [-0.39, 0.29) is 19.4 Å². The van der Waals surface area contributed by atoms with Crippen LogP contribution in [0.25, 0.3) is 0 Å². The van der Waals surface area contributed by atoms with Crippen molar-refractivity contribution in [3.8, 4) is 0 Å². The number of urea groups is 1. The minimum atomic E-state index is -1.29. The first-order chi connectivity index (χ1) is 9.38. The molecule has 1 aromatic rings. The summed E-state index contributed by atoms with van der Waals surface area (Å²) in [4.78, 5) is 36.6. The van der Waals surface area contributed by atoms with Gasteiger partial charge in [0.15, 0.2) is 5.82 Å². The number of carboxylic acids is 2. The number of rotatable bonds is 7. The van der Waals surface area contributed by atoms with Gasteiger partial charge in [0.25, 0.3) is 0 Å². The number of carboxylic acid groups (broad SMARTS) is 2. The second-order valence-electron chi connectivity index (χ2n) is 3.98. The Bertz CT molecular complexity index is 500. The molecule has 110 valence electrons. The molecule has 0 radical (unpaired) electrons. The zero-order chi connectivity index (χ0) is 15.1. The van der Waals surface area contributed by atoms with Crippen LogP contribution in [0, 0.1) is 0 Å². The van der Waals surface area contributed by atoms with Gasteiger partial charge in [-0.15, -0.1) is 0 Å². The van der Waals surface area contributed by atoms with E-state index in [1.165, 1.54) is 11.0 Å². The molecule has 0 aliphatic carbocycles. The predicted octanol–water partition coefficient (Wildman–Crippen LogP) is -1.07. The third kappa shape index (κ3) is 5.33. The summed E-state index contributed by atoms with van der Waals surface area (Å²) in [6.45, 7) is 0.0396. The van der Waals surface area contributed by atoms with Crippen LogP contribution in [0.4, 0.5) is 4.79 Å². The van der Waals surface area contributed by atoms with Crippen LogP contribution in [0.5, 0.6) is 0 Å². The van der Waals surface area contributed by atoms with E-state index >= 15 is 0 Å². The average molecular weight is 285 g/mol. The van der Waals surface area contributed by atoms with Gasteiger partial charge in [0.2, 0.25) is 0 Å². The Labute approximate surface area is 113 Å². The van der Waals surface area contributed by atoms with Gasteiger partial charge < -0.3 is 20.8 Å². The highest BCUT2D eigenvalue weighted by Gasteiger charge is 2.20. The third-order valence-electron chi connectivity index (χ3n) is 2.30. The first-order valence-electron chi connectivity index (χ1n) is 5.72. The van der Waals surface area contributed by atoms with Gasteiger partial charge in [0.1, 0.15) is 12.4 Å². The quantitative estimate of drug-likeness (QED) is 0.499. The van der Waals surface area contributed by atoms with Gasteiger partial charge in [-0.25, -0.2) is 14.6 Å². The van der Waals surface area contributed by atoms with E-state index in [0.29, 0.717) is 5.82 Å². The average Bonchev–Trinajstić information content (AvgIpc) is 2.77. The lowest BCUT2D eigenvalue weighted by molar-refractivity contribution is -0.140. The van der Waals surface area contributed by atoms with Crippen molar-refractivity contribution in [2.75, 3.05) is 0 Å². The molecule has 0 aliphatic rings. The Balaban J connectivity index is 2.41. The van der Waals surface area contributed by atoms with Gasteiger partial charge in [0.05, 0.1) is 6.54 Å². The SMILES string of the molecule is Cn1cnc(CNC(=O)NC(CCC(=O)O)C(=O)O)n1. The number of aromatic nitrogens is 3. The lowest BCUT2D eigenvalue weighted by Crippen LogP contribution is -2.46. The molecule has 10 heteroatoms. The van der Waals surface area contributed by atoms with Crippen molar-refractivity contribution in [3.05, 3.63) is 12.2 Å². The van der Waals surface area contributed by atoms with Gasteiger partial charge in [0, 0.05) is 13.5 Å². The highest BCUT2D eigenvalue weighted by molar-refractivity contribution is 5.82. The van der Waals surface area contributed by atoms with E-state index in [4.69, 9.17) is 10.2 Å². The third-order valence-corrected chi connectivity index (χ3v) is 2.30. The number of carbonyl (C=O) groups is 3. The fourth-order valence-corrected chi connectivity index (χ4v) is 1.36. The number of aryl methyl sites for hydroxylation is 1. The second-order valence-corrected chi connectivity index (χ2v) is 3.98. The molecule has 2 amide bonds. The maximum Gasteiger partial charge on any atom is 0.326 e. The van der Waals surface area contributed by atoms with Crippen LogP contribution in [0.2, 0.25) is 0 Å². The predicted molar refractivity (Wildman–Crippen MR) is 64.7 cm³/mol. The fourth-order valence-electron chi connectivity index (χ4n) is 1.36. The maximum atomic E-state index is 11.5. The van der Waals surface area contributed by atoms with Crippen LogP contribution in [0.15, 0.2) is 6.33 Å². The molecule has 0 saturated carbocycles. The highest BCUT2D eigenvalue weighted by Crippen LogP contribution is 1.98. The lowest BCUT2D eigenvalue weighted by Gasteiger charge is -2.13. The van der Waals surface area contributed by atoms with Crippen LogP contribution in [0.1, 0.15) is 18.7 Å². The number of hydrogen-bond donors (Lipinski definition) is 4. The molecule has 0 aliphatic heterocycles. The number of aliphatic carboxylic acids is 2. The van der Waals surface area contributed by atoms with E-state index < -0.39 is 24.0 Å². The minimum absolute atomic E-state index is 0.0396. The van der Waals surface area contributed by atoms with Gasteiger partial charge in [-0.05, 0) is 6.42 Å². The van der Waals surface area contributed by atoms with Crippen molar-refractivity contribution in [1.82, 2.24) is 25.4 Å². The summed E-state index contributed by atoms with van der Waals surface area (Å²) in [5.41, 5.74) is 0. The van der Waals surface area contributed by atoms with Crippen molar-refractivity contribution < 1.29 is 24.6 Å². The minimum Gasteiger partial charge on any atom is -0.481 e. The van der Waals surface area contributed by atoms with E-state index in [9.17, 15) is 14.4 Å². The standard InChI is InChI=1S/C10H15N5O5/c1-15-5-12-7(14-15)4-11-10(20)13-6(9(18)19)2-3-8(16)17/h5-6H,2-4H2,1H3,(H,16,17)(H,18,19)(H2,11,13,20). The fraction of sp³-hybridized carbons (Fsp3) is 0.500. The van der Waals surface area contributed by atoms with Gasteiger partial charge in [-0.2, -0.15) is 5.10 Å². The second kappa shape index (κ2) is 7.07. The Hall–Kier alpha value is -2.65. The smallest absolute Gasteiger partial charge is 0.326 e. The summed E-state index contributed by atoms with van der Waals surface area (Å²) in [6.07, 6.45) is 0.917. The number of nitrogens with zero attached hydrogens (tertiary/aromatic N) is 3. The lowest BCUT2D eigenvalue weighted by atomic mass is 10.1. The molecule has 10 nitrogen and oxygen atoms in total. The number of amides is 2. The van der Waals surface area contributed by atoms with Crippen molar-refractivity contribution in [3.63, 3.8) is 0 Å². The van der Waals surface area contributed by atoms with Crippen molar-refractivity contribution in [2.45, 2.75) is 25.4 Å². The van der Waals surface area contributed by atoms with Crippen LogP contribution >= 0.6 is 0 Å². The van der Waals surface area contributed by atoms with Gasteiger partial charge in [-0.3, -0.25) is 9.48 Å². The Morgan fingerprint density at radius 3 is 2.60 bits per heavy atom. The van der Waals surface area contributed by atoms with Crippen molar-refractivity contribution in [2.24, 2.45) is 7.05 Å². The molecule has 0 fully saturated rings. The Kier molecular flexibility index (Phi) is 5.44. The first kappa shape index (κ1) is 15.4. The van der Waals surface area contributed by atoms with Crippen LogP contribution < -0.4 is 10.6 Å². The summed E-state index contributed by atoms with van der Waals surface area (Å²) >= 11 is 0. The van der Waals surface area contributed by atoms with Crippen molar-refractivity contribution >= 4 is 18.0 Å². The molecule has 1 rings (SSSR count). The topological polar surface area (TPSA) is 146 Å². The summed E-state index contributed by atoms with van der Waals surface area (Å²) in [5, 5.41) is 25.8. The van der Waals surface area contributed by atoms with E-state index in [1.54, 1.807) is 7.05 Å². The molecule has 1 atom stereocenters. The molecule has 1 aromatic heterocycles. The number of nitrogens with one attached hydrogen (secondary N) is 2. The molecule has 4 N–H and O–H groups in total. The normalized spacial score (nSPS) is 11.7. The molecular weight excluding hydrogens is 270 g/mol. The summed E-state index contributed by atoms with van der Waals surface area (Å²) in [5.74, 6) is -2.05. The largest absolute Gasteiger partial charge is 0.481 e. The molecule has 0 bridgehead atoms. The summed E-state index contributed by atoms with van der Waals surface area (Å²) in [7, 11) is 1.67. The maximum absolute atomic E-state index is 11.5. The van der Waals surface area contributed by atoms with E-state index in [2.05, 4.69) is 20.7 Å². The van der Waals surface area contributed by atoms with Crippen LogP contribution in [0.3, 0.4) is 0 Å². The number of carbonyl (C=O) groups excluding carboxylic acids is 1. The zero-order valence-electron chi connectivity index (χ0n) is 10.7. The molecule has 1 heterocycles. The van der Waals surface area contributed by atoms with Crippen molar-refractivity contribution in [1.29, 1.82) is 0 Å². The highest BCUT2D eigenvalue weighted by atomic mass is 16.4. The summed E-state index contributed by atoms with van der Waals surface area (Å²) < 4.78 is 1.46. The molecular formula is C10H15N5O5. The molecule has 1 unspecified atom stereocenters. The Morgan fingerprint density at radius 2 is 2.10 bits per heavy atom.